The lowest BCUT2D eigenvalue weighted by atomic mass is 10.3. The van der Waals surface area contributed by atoms with E-state index in [9.17, 15) is 14.9 Å². The molecule has 0 aliphatic heterocycles. The highest BCUT2D eigenvalue weighted by molar-refractivity contribution is 5.76. The maximum absolute atomic E-state index is 11.4. The Morgan fingerprint density at radius 1 is 1.45 bits per heavy atom. The number of hydrogen-bond donors (Lipinski definition) is 3. The molecule has 110 valence electrons. The molecule has 10 heteroatoms. The van der Waals surface area contributed by atoms with Gasteiger partial charge < -0.3 is 10.2 Å². The minimum atomic E-state index is -0.578. The van der Waals surface area contributed by atoms with Gasteiger partial charge in [-0.15, -0.1) is 0 Å². The number of carbonyl (C=O) groups excluding carboxylic acids is 1. The van der Waals surface area contributed by atoms with Gasteiger partial charge in [0, 0.05) is 27.1 Å². The van der Waals surface area contributed by atoms with Gasteiger partial charge in [0.25, 0.3) is 0 Å². The summed E-state index contributed by atoms with van der Waals surface area (Å²) < 4.78 is 0. The average molecular weight is 283 g/mol. The van der Waals surface area contributed by atoms with Crippen LogP contribution in [-0.4, -0.2) is 46.3 Å². The predicted octanol–water partition coefficient (Wildman–Crippen LogP) is -0.131. The Morgan fingerprint density at radius 2 is 2.10 bits per heavy atom. The Kier molecular flexibility index (Phi) is 5.15. The maximum atomic E-state index is 11.4. The van der Waals surface area contributed by atoms with Gasteiger partial charge in [0.15, 0.2) is 0 Å². The molecule has 0 spiro atoms. The molecule has 1 aromatic rings. The molecule has 10 nitrogen and oxygen atoms in total. The molecule has 0 atom stereocenters. The zero-order valence-electron chi connectivity index (χ0n) is 11.5. The molecule has 0 bridgehead atoms. The molecule has 0 saturated carbocycles. The first-order chi connectivity index (χ1) is 9.36. The molecule has 1 aromatic heterocycles. The number of aromatic nitrogens is 2. The first-order valence-corrected chi connectivity index (χ1v) is 5.80. The van der Waals surface area contributed by atoms with E-state index in [1.165, 1.54) is 11.8 Å². The summed E-state index contributed by atoms with van der Waals surface area (Å²) in [6, 6.07) is 0. The van der Waals surface area contributed by atoms with Crippen molar-refractivity contribution in [2.45, 2.75) is 13.3 Å². The fourth-order valence-corrected chi connectivity index (χ4v) is 1.48. The fourth-order valence-electron chi connectivity index (χ4n) is 1.48. The zero-order chi connectivity index (χ0) is 15.3. The SMILES string of the molecule is Cc1nc(NN)nc(NCCC(=O)N(C)C)c1[N+](=O)[O-]. The summed E-state index contributed by atoms with van der Waals surface area (Å²) in [5.41, 5.74) is 2.18. The number of carbonyl (C=O) groups is 1. The van der Waals surface area contributed by atoms with E-state index in [-0.39, 0.29) is 42.0 Å². The second-order valence-electron chi connectivity index (χ2n) is 4.20. The number of nitrogen functional groups attached to an aromatic ring is 1. The lowest BCUT2D eigenvalue weighted by molar-refractivity contribution is -0.385. The minimum Gasteiger partial charge on any atom is -0.364 e. The Hall–Kier alpha value is -2.49. The van der Waals surface area contributed by atoms with Crippen molar-refractivity contribution in [1.82, 2.24) is 14.9 Å². The Balaban J connectivity index is 2.89. The van der Waals surface area contributed by atoms with E-state index in [1.807, 2.05) is 0 Å². The molecular weight excluding hydrogens is 266 g/mol. The zero-order valence-corrected chi connectivity index (χ0v) is 11.5. The van der Waals surface area contributed by atoms with Crippen LogP contribution in [-0.2, 0) is 4.79 Å². The third-order valence-corrected chi connectivity index (χ3v) is 2.50. The third-order valence-electron chi connectivity index (χ3n) is 2.50. The Bertz CT molecular complexity index is 518. The Labute approximate surface area is 115 Å². The van der Waals surface area contributed by atoms with Crippen molar-refractivity contribution in [2.24, 2.45) is 5.84 Å². The molecular formula is C10H17N7O3. The van der Waals surface area contributed by atoms with Crippen LogP contribution < -0.4 is 16.6 Å². The van der Waals surface area contributed by atoms with Crippen LogP contribution in [0.25, 0.3) is 0 Å². The number of nitro groups is 1. The van der Waals surface area contributed by atoms with Crippen molar-refractivity contribution in [3.63, 3.8) is 0 Å². The van der Waals surface area contributed by atoms with E-state index < -0.39 is 4.92 Å². The summed E-state index contributed by atoms with van der Waals surface area (Å²) in [6.07, 6.45) is 0.193. The molecule has 0 aromatic carbocycles. The second-order valence-corrected chi connectivity index (χ2v) is 4.20. The number of rotatable bonds is 6. The minimum absolute atomic E-state index is 0.0296. The van der Waals surface area contributed by atoms with Gasteiger partial charge in [-0.3, -0.25) is 20.3 Å². The predicted molar refractivity (Wildman–Crippen MR) is 73.0 cm³/mol. The standard InChI is InChI=1S/C10H17N7O3/c1-6-8(17(19)20)9(14-10(13-6)15-11)12-5-4-7(18)16(2)3/h4-5,11H2,1-3H3,(H2,12,13,14,15). The third kappa shape index (κ3) is 3.75. The summed E-state index contributed by atoms with van der Waals surface area (Å²) in [4.78, 5) is 31.0. The van der Waals surface area contributed by atoms with Gasteiger partial charge in [0.1, 0.15) is 5.69 Å². The highest BCUT2D eigenvalue weighted by Crippen LogP contribution is 2.26. The van der Waals surface area contributed by atoms with Crippen LogP contribution in [0, 0.1) is 17.0 Å². The summed E-state index contributed by atoms with van der Waals surface area (Å²) in [5, 5.41) is 13.8. The van der Waals surface area contributed by atoms with E-state index >= 15 is 0 Å². The van der Waals surface area contributed by atoms with E-state index in [1.54, 1.807) is 14.1 Å². The monoisotopic (exact) mass is 283 g/mol. The van der Waals surface area contributed by atoms with Crippen LogP contribution in [0.2, 0.25) is 0 Å². The molecule has 0 aliphatic carbocycles. The molecule has 0 saturated heterocycles. The molecule has 20 heavy (non-hydrogen) atoms. The molecule has 1 amide bonds. The number of aryl methyl sites for hydroxylation is 1. The summed E-state index contributed by atoms with van der Waals surface area (Å²) >= 11 is 0. The van der Waals surface area contributed by atoms with Crippen LogP contribution in [0.15, 0.2) is 0 Å². The normalized spacial score (nSPS) is 10.0. The molecule has 1 rings (SSSR count). The lowest BCUT2D eigenvalue weighted by Gasteiger charge is -2.11. The highest BCUT2D eigenvalue weighted by Gasteiger charge is 2.21. The van der Waals surface area contributed by atoms with Crippen LogP contribution in [0.4, 0.5) is 17.5 Å². The number of amides is 1. The summed E-state index contributed by atoms with van der Waals surface area (Å²) in [5.74, 6) is 5.20. The summed E-state index contributed by atoms with van der Waals surface area (Å²) in [6.45, 7) is 1.70. The van der Waals surface area contributed by atoms with Crippen molar-refractivity contribution in [3.05, 3.63) is 15.8 Å². The number of nitrogens with one attached hydrogen (secondary N) is 2. The van der Waals surface area contributed by atoms with Crippen LogP contribution >= 0.6 is 0 Å². The largest absolute Gasteiger partial charge is 0.364 e. The van der Waals surface area contributed by atoms with Gasteiger partial charge in [-0.05, 0) is 6.92 Å². The number of hydrogen-bond acceptors (Lipinski definition) is 8. The number of nitrogens with zero attached hydrogens (tertiary/aromatic N) is 4. The van der Waals surface area contributed by atoms with Gasteiger partial charge in [-0.25, -0.2) is 10.8 Å². The highest BCUT2D eigenvalue weighted by atomic mass is 16.6. The molecule has 0 fully saturated rings. The maximum Gasteiger partial charge on any atom is 0.332 e. The first-order valence-electron chi connectivity index (χ1n) is 5.80. The van der Waals surface area contributed by atoms with E-state index in [4.69, 9.17) is 5.84 Å². The van der Waals surface area contributed by atoms with E-state index in [0.29, 0.717) is 0 Å². The topological polar surface area (TPSA) is 139 Å². The van der Waals surface area contributed by atoms with Crippen LogP contribution in [0.3, 0.4) is 0 Å². The average Bonchev–Trinajstić information content (AvgIpc) is 2.37. The molecule has 0 radical (unpaired) electrons. The fraction of sp³-hybridized carbons (Fsp3) is 0.500. The Morgan fingerprint density at radius 3 is 2.60 bits per heavy atom. The van der Waals surface area contributed by atoms with Gasteiger partial charge in [0.2, 0.25) is 17.7 Å². The molecule has 0 aliphatic rings. The van der Waals surface area contributed by atoms with Gasteiger partial charge in [-0.1, -0.05) is 0 Å². The van der Waals surface area contributed by atoms with Crippen molar-refractivity contribution in [1.29, 1.82) is 0 Å². The van der Waals surface area contributed by atoms with Crippen molar-refractivity contribution < 1.29 is 9.72 Å². The van der Waals surface area contributed by atoms with E-state index in [0.717, 1.165) is 0 Å². The van der Waals surface area contributed by atoms with Crippen molar-refractivity contribution >= 4 is 23.4 Å². The van der Waals surface area contributed by atoms with Crippen molar-refractivity contribution in [2.75, 3.05) is 31.4 Å². The van der Waals surface area contributed by atoms with Crippen molar-refractivity contribution in [3.8, 4) is 0 Å². The number of nitrogens with two attached hydrogens (primary N) is 1. The molecule has 4 N–H and O–H groups in total. The number of anilines is 2. The number of hydrazine groups is 1. The smallest absolute Gasteiger partial charge is 0.332 e. The summed E-state index contributed by atoms with van der Waals surface area (Å²) in [7, 11) is 3.27. The lowest BCUT2D eigenvalue weighted by Crippen LogP contribution is -2.24. The molecule has 0 unspecified atom stereocenters. The van der Waals surface area contributed by atoms with E-state index in [2.05, 4.69) is 20.7 Å². The van der Waals surface area contributed by atoms with Gasteiger partial charge in [-0.2, -0.15) is 4.98 Å². The van der Waals surface area contributed by atoms with Gasteiger partial charge >= 0.3 is 5.69 Å². The quantitative estimate of drug-likeness (QED) is 0.372. The molecule has 1 heterocycles. The van der Waals surface area contributed by atoms with Crippen LogP contribution in [0.1, 0.15) is 12.1 Å². The first kappa shape index (κ1) is 15.6. The van der Waals surface area contributed by atoms with Crippen LogP contribution in [0.5, 0.6) is 0 Å². The second kappa shape index (κ2) is 6.61. The van der Waals surface area contributed by atoms with Gasteiger partial charge in [0.05, 0.1) is 4.92 Å².